The number of thiazole rings is 1. The van der Waals surface area contributed by atoms with E-state index in [-0.39, 0.29) is 0 Å². The summed E-state index contributed by atoms with van der Waals surface area (Å²) in [5.41, 5.74) is 2.80. The lowest BCUT2D eigenvalue weighted by molar-refractivity contribution is 0.415. The minimum atomic E-state index is 0.813. The van der Waals surface area contributed by atoms with Gasteiger partial charge in [-0.1, -0.05) is 12.1 Å². The van der Waals surface area contributed by atoms with Crippen LogP contribution in [0, 0.1) is 6.92 Å². The number of benzene rings is 1. The van der Waals surface area contributed by atoms with E-state index in [1.165, 1.54) is 0 Å². The zero-order valence-corrected chi connectivity index (χ0v) is 13.0. The summed E-state index contributed by atoms with van der Waals surface area (Å²) in [5.74, 6) is 0.813. The Kier molecular flexibility index (Phi) is 3.58. The Hall–Kier alpha value is -1.66. The molecule has 0 aliphatic heterocycles. The highest BCUT2D eigenvalue weighted by Crippen LogP contribution is 2.35. The van der Waals surface area contributed by atoms with Crippen LogP contribution in [0.3, 0.4) is 0 Å². The van der Waals surface area contributed by atoms with Gasteiger partial charge in [0.1, 0.15) is 22.0 Å². The Morgan fingerprint density at radius 1 is 1.25 bits per heavy atom. The summed E-state index contributed by atoms with van der Waals surface area (Å²) in [7, 11) is 1.66. The van der Waals surface area contributed by atoms with E-state index >= 15 is 0 Å². The van der Waals surface area contributed by atoms with Crippen molar-refractivity contribution in [2.45, 2.75) is 11.9 Å². The van der Waals surface area contributed by atoms with Crippen LogP contribution in [-0.2, 0) is 0 Å². The van der Waals surface area contributed by atoms with Crippen LogP contribution in [0.15, 0.2) is 29.3 Å². The Labute approximate surface area is 125 Å². The Balaban J connectivity index is 2.25. The fourth-order valence-corrected chi connectivity index (χ4v) is 3.47. The molecule has 2 heterocycles. The van der Waals surface area contributed by atoms with Crippen molar-refractivity contribution in [3.05, 3.63) is 29.3 Å². The third kappa shape index (κ3) is 2.25. The third-order valence-electron chi connectivity index (χ3n) is 2.93. The first-order valence-corrected chi connectivity index (χ1v) is 8.09. The van der Waals surface area contributed by atoms with Crippen molar-refractivity contribution >= 4 is 33.3 Å². The molecule has 1 aromatic carbocycles. The van der Waals surface area contributed by atoms with Gasteiger partial charge in [-0.2, -0.15) is 0 Å². The summed E-state index contributed by atoms with van der Waals surface area (Å²) in [6, 6.07) is 7.86. The normalized spacial score (nSPS) is 10.9. The molecule has 0 amide bonds. The number of fused-ring (bicyclic) bond motifs is 1. The molecular weight excluding hydrogens is 290 g/mol. The minimum absolute atomic E-state index is 0.813. The second-order valence-electron chi connectivity index (χ2n) is 4.20. The van der Waals surface area contributed by atoms with Crippen molar-refractivity contribution < 1.29 is 4.74 Å². The van der Waals surface area contributed by atoms with Crippen LogP contribution in [0.5, 0.6) is 5.75 Å². The van der Waals surface area contributed by atoms with Gasteiger partial charge >= 0.3 is 0 Å². The van der Waals surface area contributed by atoms with Crippen molar-refractivity contribution in [3.8, 4) is 17.0 Å². The molecule has 0 N–H and O–H groups in total. The average molecular weight is 303 g/mol. The van der Waals surface area contributed by atoms with Crippen LogP contribution >= 0.6 is 23.1 Å². The first-order valence-electron chi connectivity index (χ1n) is 6.05. The highest BCUT2D eigenvalue weighted by Gasteiger charge is 2.15. The Morgan fingerprint density at radius 3 is 2.85 bits per heavy atom. The number of hydrogen-bond donors (Lipinski definition) is 0. The van der Waals surface area contributed by atoms with Gasteiger partial charge in [-0.3, -0.25) is 0 Å². The van der Waals surface area contributed by atoms with Gasteiger partial charge in [-0.25, -0.2) is 4.98 Å². The van der Waals surface area contributed by atoms with Crippen LogP contribution < -0.4 is 4.74 Å². The van der Waals surface area contributed by atoms with Gasteiger partial charge in [0.15, 0.2) is 0 Å². The van der Waals surface area contributed by atoms with Crippen molar-refractivity contribution in [2.24, 2.45) is 0 Å². The lowest BCUT2D eigenvalue weighted by atomic mass is 10.1. The monoisotopic (exact) mass is 303 g/mol. The fraction of sp³-hybridized carbons (Fsp3) is 0.214. The maximum absolute atomic E-state index is 5.27. The van der Waals surface area contributed by atoms with E-state index in [1.54, 1.807) is 30.2 Å². The first-order chi connectivity index (χ1) is 9.72. The lowest BCUT2D eigenvalue weighted by Gasteiger charge is -2.05. The van der Waals surface area contributed by atoms with Gasteiger partial charge in [0.05, 0.1) is 16.8 Å². The molecule has 0 bridgehead atoms. The zero-order chi connectivity index (χ0) is 14.1. The largest absolute Gasteiger partial charge is 0.497 e. The summed E-state index contributed by atoms with van der Waals surface area (Å²) < 4.78 is 6.35. The Bertz CT molecular complexity index is 770. The molecule has 0 saturated carbocycles. The molecular formula is C14H13N3OS2. The molecule has 102 valence electrons. The van der Waals surface area contributed by atoms with E-state index in [9.17, 15) is 0 Å². The smallest absolute Gasteiger partial charge is 0.146 e. The lowest BCUT2D eigenvalue weighted by Crippen LogP contribution is -1.92. The van der Waals surface area contributed by atoms with Crippen LogP contribution in [0.1, 0.15) is 5.01 Å². The van der Waals surface area contributed by atoms with E-state index in [2.05, 4.69) is 15.2 Å². The van der Waals surface area contributed by atoms with E-state index in [4.69, 9.17) is 4.74 Å². The number of methoxy groups -OCH3 is 1. The van der Waals surface area contributed by atoms with E-state index in [0.717, 1.165) is 37.3 Å². The summed E-state index contributed by atoms with van der Waals surface area (Å²) in [4.78, 5) is 4.58. The summed E-state index contributed by atoms with van der Waals surface area (Å²) in [6.45, 7) is 2.00. The van der Waals surface area contributed by atoms with E-state index in [0.29, 0.717) is 0 Å². The molecule has 3 aromatic rings. The molecule has 0 atom stereocenters. The molecule has 2 aromatic heterocycles. The highest BCUT2D eigenvalue weighted by molar-refractivity contribution is 7.98. The van der Waals surface area contributed by atoms with Crippen LogP contribution in [-0.4, -0.2) is 28.5 Å². The van der Waals surface area contributed by atoms with Crippen molar-refractivity contribution in [2.75, 3.05) is 13.4 Å². The second kappa shape index (κ2) is 5.38. The molecule has 4 nitrogen and oxygen atoms in total. The highest BCUT2D eigenvalue weighted by atomic mass is 32.2. The number of hydrogen-bond acceptors (Lipinski definition) is 6. The van der Waals surface area contributed by atoms with E-state index < -0.39 is 0 Å². The molecule has 3 rings (SSSR count). The maximum Gasteiger partial charge on any atom is 0.146 e. The van der Waals surface area contributed by atoms with Gasteiger partial charge in [0.25, 0.3) is 0 Å². The second-order valence-corrected chi connectivity index (χ2v) is 6.20. The first kappa shape index (κ1) is 13.3. The molecule has 0 unspecified atom stereocenters. The molecule has 20 heavy (non-hydrogen) atoms. The summed E-state index contributed by atoms with van der Waals surface area (Å²) >= 11 is 3.22. The molecule has 0 radical (unpaired) electrons. The number of aromatic nitrogens is 3. The predicted molar refractivity (Wildman–Crippen MR) is 83.7 cm³/mol. The fourth-order valence-electron chi connectivity index (χ4n) is 2.02. The predicted octanol–water partition coefficient (Wildman–Crippen LogP) is 3.79. The van der Waals surface area contributed by atoms with Crippen LogP contribution in [0.4, 0.5) is 0 Å². The molecule has 0 aliphatic carbocycles. The molecule has 0 aliphatic rings. The summed E-state index contributed by atoms with van der Waals surface area (Å²) in [5, 5.41) is 10.6. The standard InChI is InChI=1S/C14H13N3OS2/c1-8-15-12-13(20-8)11(16-17-14(12)19-3)9-5-4-6-10(7-9)18-2/h4-7H,1-3H3. The van der Waals surface area contributed by atoms with Crippen molar-refractivity contribution in [1.82, 2.24) is 15.2 Å². The summed E-state index contributed by atoms with van der Waals surface area (Å²) in [6.07, 6.45) is 1.99. The SMILES string of the molecule is COc1cccc(-c2nnc(SC)c3nc(C)sc23)c1. The van der Waals surface area contributed by atoms with Crippen molar-refractivity contribution in [3.63, 3.8) is 0 Å². The molecule has 0 spiro atoms. The average Bonchev–Trinajstić information content (AvgIpc) is 2.87. The van der Waals surface area contributed by atoms with Gasteiger partial charge in [-0.15, -0.1) is 33.3 Å². The number of nitrogens with zero attached hydrogens (tertiary/aromatic N) is 3. The topological polar surface area (TPSA) is 47.9 Å². The molecule has 0 saturated heterocycles. The van der Waals surface area contributed by atoms with Gasteiger partial charge in [0, 0.05) is 5.56 Å². The number of rotatable bonds is 3. The number of thioether (sulfide) groups is 1. The van der Waals surface area contributed by atoms with Gasteiger partial charge in [-0.05, 0) is 25.3 Å². The molecule has 0 fully saturated rings. The third-order valence-corrected chi connectivity index (χ3v) is 4.57. The number of ether oxygens (including phenoxy) is 1. The van der Waals surface area contributed by atoms with Crippen LogP contribution in [0.25, 0.3) is 21.5 Å². The zero-order valence-electron chi connectivity index (χ0n) is 11.4. The van der Waals surface area contributed by atoms with Crippen molar-refractivity contribution in [1.29, 1.82) is 0 Å². The van der Waals surface area contributed by atoms with Gasteiger partial charge < -0.3 is 4.74 Å². The Morgan fingerprint density at radius 2 is 2.10 bits per heavy atom. The number of aryl methyl sites for hydroxylation is 1. The quantitative estimate of drug-likeness (QED) is 0.689. The van der Waals surface area contributed by atoms with E-state index in [1.807, 2.05) is 37.4 Å². The molecule has 6 heteroatoms. The maximum atomic E-state index is 5.27. The van der Waals surface area contributed by atoms with Gasteiger partial charge in [0.2, 0.25) is 0 Å². The van der Waals surface area contributed by atoms with Crippen LogP contribution in [0.2, 0.25) is 0 Å². The minimum Gasteiger partial charge on any atom is -0.497 e.